The number of esters is 1. The molecule has 0 spiro atoms. The molecule has 7 nitrogen and oxygen atoms in total. The first-order valence-electron chi connectivity index (χ1n) is 5.86. The second-order valence-corrected chi connectivity index (χ2v) is 4.06. The molecule has 1 aromatic carbocycles. The third-order valence-electron chi connectivity index (χ3n) is 2.61. The van der Waals surface area contributed by atoms with Crippen LogP contribution in [0.3, 0.4) is 0 Å². The van der Waals surface area contributed by atoms with Gasteiger partial charge in [0, 0.05) is 19.3 Å². The maximum atomic E-state index is 11.8. The van der Waals surface area contributed by atoms with E-state index >= 15 is 0 Å². The van der Waals surface area contributed by atoms with Crippen LogP contribution in [0.5, 0.6) is 0 Å². The lowest BCUT2D eigenvalue weighted by Gasteiger charge is -2.17. The maximum Gasteiger partial charge on any atom is 0.335 e. The molecule has 0 fully saturated rings. The van der Waals surface area contributed by atoms with E-state index in [1.54, 1.807) is 7.05 Å². The summed E-state index contributed by atoms with van der Waals surface area (Å²) in [6.45, 7) is 0.228. The third-order valence-corrected chi connectivity index (χ3v) is 2.61. The molecule has 1 rings (SSSR count). The number of nitrogens with one attached hydrogen (secondary N) is 1. The van der Waals surface area contributed by atoms with Crippen LogP contribution in [0.1, 0.15) is 16.8 Å². The number of anilines is 1. The maximum absolute atomic E-state index is 11.8. The smallest absolute Gasteiger partial charge is 0.335 e. The van der Waals surface area contributed by atoms with Crippen molar-refractivity contribution in [2.45, 2.75) is 6.42 Å². The Hall–Kier alpha value is -2.57. The first-order chi connectivity index (χ1) is 9.43. The average molecular weight is 280 g/mol. The van der Waals surface area contributed by atoms with Crippen LogP contribution in [0.25, 0.3) is 0 Å². The summed E-state index contributed by atoms with van der Waals surface area (Å²) < 4.78 is 4.48. The van der Waals surface area contributed by atoms with Crippen LogP contribution in [0.4, 0.5) is 10.5 Å². The lowest BCUT2D eigenvalue weighted by molar-refractivity contribution is -0.140. The zero-order chi connectivity index (χ0) is 15.1. The quantitative estimate of drug-likeness (QED) is 0.795. The normalized spacial score (nSPS) is 9.70. The molecule has 0 saturated carbocycles. The molecule has 0 aliphatic heterocycles. The molecule has 0 unspecified atom stereocenters. The summed E-state index contributed by atoms with van der Waals surface area (Å²) in [7, 11) is 2.83. The minimum absolute atomic E-state index is 0.109. The Bertz CT molecular complexity index is 498. The van der Waals surface area contributed by atoms with Gasteiger partial charge >= 0.3 is 18.0 Å². The van der Waals surface area contributed by atoms with Crippen LogP contribution in [0.2, 0.25) is 0 Å². The van der Waals surface area contributed by atoms with Gasteiger partial charge in [0.1, 0.15) is 0 Å². The van der Waals surface area contributed by atoms with Gasteiger partial charge in [-0.2, -0.15) is 0 Å². The second-order valence-electron chi connectivity index (χ2n) is 4.06. The lowest BCUT2D eigenvalue weighted by atomic mass is 10.2. The molecule has 0 aliphatic rings. The summed E-state index contributed by atoms with van der Waals surface area (Å²) in [5.74, 6) is -1.42. The second kappa shape index (κ2) is 7.13. The van der Waals surface area contributed by atoms with E-state index in [4.69, 9.17) is 5.11 Å². The number of carbonyl (C=O) groups excluding carboxylic acids is 2. The van der Waals surface area contributed by atoms with Crippen molar-refractivity contribution in [2.24, 2.45) is 0 Å². The van der Waals surface area contributed by atoms with E-state index in [0.717, 1.165) is 0 Å². The van der Waals surface area contributed by atoms with Gasteiger partial charge in [-0.25, -0.2) is 9.59 Å². The average Bonchev–Trinajstić information content (AvgIpc) is 2.44. The molecule has 0 aliphatic carbocycles. The van der Waals surface area contributed by atoms with Crippen molar-refractivity contribution in [2.75, 3.05) is 26.0 Å². The summed E-state index contributed by atoms with van der Waals surface area (Å²) in [4.78, 5) is 34.8. The van der Waals surface area contributed by atoms with Gasteiger partial charge in [-0.05, 0) is 24.3 Å². The van der Waals surface area contributed by atoms with Gasteiger partial charge in [-0.3, -0.25) is 4.79 Å². The number of benzene rings is 1. The van der Waals surface area contributed by atoms with E-state index in [1.165, 1.54) is 36.3 Å². The van der Waals surface area contributed by atoms with Crippen LogP contribution in [-0.2, 0) is 9.53 Å². The van der Waals surface area contributed by atoms with Crippen LogP contribution in [0.15, 0.2) is 24.3 Å². The van der Waals surface area contributed by atoms with Crippen molar-refractivity contribution in [1.82, 2.24) is 4.90 Å². The van der Waals surface area contributed by atoms with Crippen LogP contribution >= 0.6 is 0 Å². The number of hydrogen-bond donors (Lipinski definition) is 2. The number of rotatable bonds is 5. The van der Waals surface area contributed by atoms with E-state index in [2.05, 4.69) is 10.1 Å². The number of hydrogen-bond acceptors (Lipinski definition) is 4. The van der Waals surface area contributed by atoms with Gasteiger partial charge < -0.3 is 20.1 Å². The van der Waals surface area contributed by atoms with Crippen LogP contribution < -0.4 is 5.32 Å². The van der Waals surface area contributed by atoms with E-state index in [-0.39, 0.29) is 18.5 Å². The Kier molecular flexibility index (Phi) is 5.52. The van der Waals surface area contributed by atoms with Gasteiger partial charge in [-0.1, -0.05) is 0 Å². The Morgan fingerprint density at radius 2 is 1.85 bits per heavy atom. The Balaban J connectivity index is 2.52. The standard InChI is InChI=1S/C13H16N2O5/c1-15(8-7-11(16)20-2)13(19)14-10-5-3-9(4-6-10)12(17)18/h3-6H,7-8H2,1-2H3,(H,14,19)(H,17,18). The molecule has 0 radical (unpaired) electrons. The molecule has 2 N–H and O–H groups in total. The molecule has 0 saturated heterocycles. The summed E-state index contributed by atoms with van der Waals surface area (Å²) in [5.41, 5.74) is 0.618. The molecule has 108 valence electrons. The highest BCUT2D eigenvalue weighted by Crippen LogP contribution is 2.10. The van der Waals surface area contributed by atoms with Crippen molar-refractivity contribution < 1.29 is 24.2 Å². The monoisotopic (exact) mass is 280 g/mol. The molecule has 7 heteroatoms. The fourth-order valence-corrected chi connectivity index (χ4v) is 1.38. The van der Waals surface area contributed by atoms with Crippen LogP contribution in [0, 0.1) is 0 Å². The van der Waals surface area contributed by atoms with Crippen molar-refractivity contribution in [3.05, 3.63) is 29.8 Å². The fraction of sp³-hybridized carbons (Fsp3) is 0.308. The number of amides is 2. The fourth-order valence-electron chi connectivity index (χ4n) is 1.38. The highest BCUT2D eigenvalue weighted by Gasteiger charge is 2.11. The zero-order valence-corrected chi connectivity index (χ0v) is 11.3. The third kappa shape index (κ3) is 4.60. The minimum Gasteiger partial charge on any atom is -0.478 e. The highest BCUT2D eigenvalue weighted by molar-refractivity contribution is 5.91. The van der Waals surface area contributed by atoms with E-state index in [9.17, 15) is 14.4 Å². The molecule has 2 amide bonds. The molecule has 0 atom stereocenters. The van der Waals surface area contributed by atoms with Gasteiger partial charge in [0.15, 0.2) is 0 Å². The van der Waals surface area contributed by atoms with Crippen molar-refractivity contribution in [3.63, 3.8) is 0 Å². The Morgan fingerprint density at radius 1 is 1.25 bits per heavy atom. The molecular weight excluding hydrogens is 264 g/mol. The highest BCUT2D eigenvalue weighted by atomic mass is 16.5. The topological polar surface area (TPSA) is 95.9 Å². The van der Waals surface area contributed by atoms with Crippen molar-refractivity contribution >= 4 is 23.7 Å². The molecular formula is C13H16N2O5. The predicted octanol–water partition coefficient (Wildman–Crippen LogP) is 1.41. The first-order valence-corrected chi connectivity index (χ1v) is 5.86. The number of carboxylic acid groups (broad SMARTS) is 1. The van der Waals surface area contributed by atoms with Crippen molar-refractivity contribution in [1.29, 1.82) is 0 Å². The number of carbonyl (C=O) groups is 3. The van der Waals surface area contributed by atoms with E-state index in [0.29, 0.717) is 5.69 Å². The first kappa shape index (κ1) is 15.5. The summed E-state index contributed by atoms with van der Waals surface area (Å²) in [6, 6.07) is 5.39. The van der Waals surface area contributed by atoms with Crippen LogP contribution in [-0.4, -0.2) is 48.7 Å². The largest absolute Gasteiger partial charge is 0.478 e. The SMILES string of the molecule is COC(=O)CCN(C)C(=O)Nc1ccc(C(=O)O)cc1. The number of methoxy groups -OCH3 is 1. The lowest BCUT2D eigenvalue weighted by Crippen LogP contribution is -2.33. The summed E-state index contributed by atoms with van der Waals surface area (Å²) >= 11 is 0. The summed E-state index contributed by atoms with van der Waals surface area (Å²) in [5, 5.41) is 11.3. The Labute approximate surface area is 116 Å². The van der Waals surface area contributed by atoms with Gasteiger partial charge in [0.25, 0.3) is 0 Å². The van der Waals surface area contributed by atoms with Gasteiger partial charge in [0.2, 0.25) is 0 Å². The molecule has 1 aromatic rings. The van der Waals surface area contributed by atoms with Crippen molar-refractivity contribution in [3.8, 4) is 0 Å². The molecule has 0 heterocycles. The molecule has 0 bridgehead atoms. The zero-order valence-electron chi connectivity index (χ0n) is 11.3. The molecule has 0 aromatic heterocycles. The molecule has 20 heavy (non-hydrogen) atoms. The number of carboxylic acids is 1. The number of urea groups is 1. The van der Waals surface area contributed by atoms with Gasteiger partial charge in [0.05, 0.1) is 19.1 Å². The predicted molar refractivity (Wildman–Crippen MR) is 71.7 cm³/mol. The van der Waals surface area contributed by atoms with Gasteiger partial charge in [-0.15, -0.1) is 0 Å². The van der Waals surface area contributed by atoms with E-state index in [1.807, 2.05) is 0 Å². The number of ether oxygens (including phenoxy) is 1. The van der Waals surface area contributed by atoms with E-state index < -0.39 is 18.0 Å². The number of nitrogens with zero attached hydrogens (tertiary/aromatic N) is 1. The number of aromatic carboxylic acids is 1. The Morgan fingerprint density at radius 3 is 2.35 bits per heavy atom. The minimum atomic E-state index is -1.03. The summed E-state index contributed by atoms with van der Waals surface area (Å²) in [6.07, 6.45) is 0.109.